The maximum atomic E-state index is 14.1. The molecule has 2 amide bonds. The molecule has 0 aliphatic heterocycles. The highest BCUT2D eigenvalue weighted by Crippen LogP contribution is 2.22. The molecule has 0 aliphatic rings. The van der Waals surface area contributed by atoms with Gasteiger partial charge < -0.3 is 5.11 Å². The van der Waals surface area contributed by atoms with Gasteiger partial charge in [-0.15, -0.1) is 0 Å². The monoisotopic (exact) mass is 420 g/mol. The SMILES string of the molecule is Cc1nn(-c2ccc(F)cc2F)c(C)c1C(=O)NNC(=O)c1cc(Cl)ccc1O. The molecule has 2 aromatic carbocycles. The van der Waals surface area contributed by atoms with Gasteiger partial charge in [0.2, 0.25) is 0 Å². The summed E-state index contributed by atoms with van der Waals surface area (Å²) in [6, 6.07) is 6.88. The lowest BCUT2D eigenvalue weighted by Gasteiger charge is -2.10. The Morgan fingerprint density at radius 3 is 2.45 bits per heavy atom. The fourth-order valence-electron chi connectivity index (χ4n) is 2.79. The maximum absolute atomic E-state index is 14.1. The second kappa shape index (κ2) is 7.88. The molecule has 0 fully saturated rings. The van der Waals surface area contributed by atoms with E-state index in [4.69, 9.17) is 11.6 Å². The first kappa shape index (κ1) is 20.3. The summed E-state index contributed by atoms with van der Waals surface area (Å²) in [6.45, 7) is 3.06. The number of phenols is 1. The third-order valence-electron chi connectivity index (χ3n) is 4.15. The second-order valence-electron chi connectivity index (χ2n) is 6.12. The van der Waals surface area contributed by atoms with E-state index in [-0.39, 0.29) is 39.0 Å². The first-order chi connectivity index (χ1) is 13.7. The molecule has 3 aromatic rings. The quantitative estimate of drug-likeness (QED) is 0.567. The predicted octanol–water partition coefficient (Wildman–Crippen LogP) is 3.20. The zero-order valence-electron chi connectivity index (χ0n) is 15.3. The summed E-state index contributed by atoms with van der Waals surface area (Å²) in [7, 11) is 0. The molecule has 0 saturated carbocycles. The summed E-state index contributed by atoms with van der Waals surface area (Å²) < 4.78 is 28.4. The zero-order chi connectivity index (χ0) is 21.3. The van der Waals surface area contributed by atoms with Gasteiger partial charge in [-0.05, 0) is 44.2 Å². The normalized spacial score (nSPS) is 10.7. The van der Waals surface area contributed by atoms with E-state index in [1.54, 1.807) is 0 Å². The number of carbonyl (C=O) groups is 2. The van der Waals surface area contributed by atoms with Gasteiger partial charge in [0.15, 0.2) is 5.82 Å². The van der Waals surface area contributed by atoms with E-state index < -0.39 is 23.4 Å². The molecule has 150 valence electrons. The Morgan fingerprint density at radius 2 is 1.76 bits per heavy atom. The highest BCUT2D eigenvalue weighted by molar-refractivity contribution is 6.31. The van der Waals surface area contributed by atoms with Crippen LogP contribution in [0.3, 0.4) is 0 Å². The predicted molar refractivity (Wildman–Crippen MR) is 101 cm³/mol. The molecule has 0 radical (unpaired) electrons. The Balaban J connectivity index is 1.82. The molecule has 0 atom stereocenters. The molecule has 1 heterocycles. The van der Waals surface area contributed by atoms with Crippen molar-refractivity contribution < 1.29 is 23.5 Å². The van der Waals surface area contributed by atoms with Crippen LogP contribution in [-0.2, 0) is 0 Å². The molecular weight excluding hydrogens is 406 g/mol. The van der Waals surface area contributed by atoms with Gasteiger partial charge in [-0.3, -0.25) is 20.4 Å². The second-order valence-corrected chi connectivity index (χ2v) is 6.56. The van der Waals surface area contributed by atoms with Crippen molar-refractivity contribution in [3.8, 4) is 11.4 Å². The number of hydrogen-bond acceptors (Lipinski definition) is 4. The molecule has 1 aromatic heterocycles. The number of nitrogens with zero attached hydrogens (tertiary/aromatic N) is 2. The van der Waals surface area contributed by atoms with Crippen LogP contribution in [-0.4, -0.2) is 26.7 Å². The van der Waals surface area contributed by atoms with Crippen molar-refractivity contribution in [1.29, 1.82) is 0 Å². The summed E-state index contributed by atoms with van der Waals surface area (Å²) in [5.74, 6) is -3.38. The highest BCUT2D eigenvalue weighted by Gasteiger charge is 2.22. The van der Waals surface area contributed by atoms with Gasteiger partial charge in [-0.1, -0.05) is 11.6 Å². The number of halogens is 3. The number of rotatable bonds is 3. The van der Waals surface area contributed by atoms with Crippen LogP contribution in [0.25, 0.3) is 5.69 Å². The van der Waals surface area contributed by atoms with E-state index in [1.165, 1.54) is 42.8 Å². The Kier molecular flexibility index (Phi) is 5.51. The molecule has 0 saturated heterocycles. The lowest BCUT2D eigenvalue weighted by molar-refractivity contribution is 0.0844. The third kappa shape index (κ3) is 4.04. The minimum Gasteiger partial charge on any atom is -0.507 e. The minimum absolute atomic E-state index is 0.0288. The van der Waals surface area contributed by atoms with Gasteiger partial charge in [0, 0.05) is 11.1 Å². The van der Waals surface area contributed by atoms with Crippen LogP contribution >= 0.6 is 11.6 Å². The Labute approximate surface area is 168 Å². The summed E-state index contributed by atoms with van der Waals surface area (Å²) in [4.78, 5) is 24.7. The lowest BCUT2D eigenvalue weighted by Crippen LogP contribution is -2.42. The number of hydrazine groups is 1. The molecule has 3 N–H and O–H groups in total. The fourth-order valence-corrected chi connectivity index (χ4v) is 2.96. The van der Waals surface area contributed by atoms with Crippen molar-refractivity contribution in [2.75, 3.05) is 0 Å². The number of carbonyl (C=O) groups excluding carboxylic acids is 2. The molecule has 0 aliphatic carbocycles. The van der Waals surface area contributed by atoms with Crippen molar-refractivity contribution >= 4 is 23.4 Å². The Morgan fingerprint density at radius 1 is 1.07 bits per heavy atom. The van der Waals surface area contributed by atoms with E-state index in [0.29, 0.717) is 6.07 Å². The van der Waals surface area contributed by atoms with Gasteiger partial charge in [-0.25, -0.2) is 13.5 Å². The molecule has 7 nitrogen and oxygen atoms in total. The molecule has 3 rings (SSSR count). The van der Waals surface area contributed by atoms with E-state index in [9.17, 15) is 23.5 Å². The molecule has 29 heavy (non-hydrogen) atoms. The van der Waals surface area contributed by atoms with Gasteiger partial charge in [0.05, 0.1) is 22.5 Å². The first-order valence-electron chi connectivity index (χ1n) is 8.30. The standard InChI is InChI=1S/C19H15ClF2N4O3/c1-9-17(10(2)26(25-9)15-5-4-12(21)8-14(15)22)19(29)24-23-18(28)13-7-11(20)3-6-16(13)27/h3-8,27H,1-2H3,(H,23,28)(H,24,29). The number of aromatic hydroxyl groups is 1. The molecule has 0 spiro atoms. The molecule has 10 heteroatoms. The molecule has 0 bridgehead atoms. The maximum Gasteiger partial charge on any atom is 0.273 e. The van der Waals surface area contributed by atoms with Crippen LogP contribution in [0.15, 0.2) is 36.4 Å². The van der Waals surface area contributed by atoms with Crippen LogP contribution in [0.1, 0.15) is 32.1 Å². The average molecular weight is 421 g/mol. The number of aromatic nitrogens is 2. The molecular formula is C19H15ClF2N4O3. The van der Waals surface area contributed by atoms with Crippen molar-refractivity contribution in [3.05, 3.63) is 75.6 Å². The van der Waals surface area contributed by atoms with E-state index in [0.717, 1.165) is 6.07 Å². The van der Waals surface area contributed by atoms with E-state index in [2.05, 4.69) is 16.0 Å². The van der Waals surface area contributed by atoms with Gasteiger partial charge in [0.25, 0.3) is 11.8 Å². The van der Waals surface area contributed by atoms with Gasteiger partial charge in [0.1, 0.15) is 17.3 Å². The summed E-state index contributed by atoms with van der Waals surface area (Å²) >= 11 is 5.80. The number of aryl methyl sites for hydroxylation is 1. The number of hydrogen-bond donors (Lipinski definition) is 3. The van der Waals surface area contributed by atoms with Crippen molar-refractivity contribution in [2.24, 2.45) is 0 Å². The zero-order valence-corrected chi connectivity index (χ0v) is 16.0. The minimum atomic E-state index is -0.840. The summed E-state index contributed by atoms with van der Waals surface area (Å²) in [5.41, 5.74) is 4.88. The summed E-state index contributed by atoms with van der Waals surface area (Å²) in [6.07, 6.45) is 0. The van der Waals surface area contributed by atoms with E-state index in [1.807, 2.05) is 0 Å². The van der Waals surface area contributed by atoms with Gasteiger partial charge in [-0.2, -0.15) is 5.10 Å². The lowest BCUT2D eigenvalue weighted by atomic mass is 10.2. The average Bonchev–Trinajstić information content (AvgIpc) is 2.95. The van der Waals surface area contributed by atoms with Crippen molar-refractivity contribution in [2.45, 2.75) is 13.8 Å². The van der Waals surface area contributed by atoms with Gasteiger partial charge >= 0.3 is 0 Å². The summed E-state index contributed by atoms with van der Waals surface area (Å²) in [5, 5.41) is 14.1. The Hall–Kier alpha value is -3.46. The number of phenolic OH excluding ortho intramolecular Hbond substituents is 1. The largest absolute Gasteiger partial charge is 0.507 e. The van der Waals surface area contributed by atoms with Crippen LogP contribution in [0, 0.1) is 25.5 Å². The van der Waals surface area contributed by atoms with Crippen molar-refractivity contribution in [1.82, 2.24) is 20.6 Å². The number of nitrogens with one attached hydrogen (secondary N) is 2. The third-order valence-corrected chi connectivity index (χ3v) is 4.38. The van der Waals surface area contributed by atoms with Crippen molar-refractivity contribution in [3.63, 3.8) is 0 Å². The highest BCUT2D eigenvalue weighted by atomic mass is 35.5. The Bertz CT molecular complexity index is 1130. The van der Waals surface area contributed by atoms with E-state index >= 15 is 0 Å². The fraction of sp³-hybridized carbons (Fsp3) is 0.105. The van der Waals surface area contributed by atoms with Crippen LogP contribution in [0.5, 0.6) is 5.75 Å². The first-order valence-corrected chi connectivity index (χ1v) is 8.67. The van der Waals surface area contributed by atoms with Crippen LogP contribution < -0.4 is 10.9 Å². The number of benzene rings is 2. The smallest absolute Gasteiger partial charge is 0.273 e. The van der Waals surface area contributed by atoms with Crippen LogP contribution in [0.2, 0.25) is 5.02 Å². The molecule has 0 unspecified atom stereocenters. The van der Waals surface area contributed by atoms with Crippen LogP contribution in [0.4, 0.5) is 8.78 Å². The number of amides is 2. The topological polar surface area (TPSA) is 96.3 Å².